The van der Waals surface area contributed by atoms with E-state index >= 15 is 0 Å². The highest BCUT2D eigenvalue weighted by Crippen LogP contribution is 2.42. The van der Waals surface area contributed by atoms with Gasteiger partial charge in [0, 0.05) is 57.4 Å². The molecule has 63 heavy (non-hydrogen) atoms. The Morgan fingerprint density at radius 1 is 0.206 bits per heavy atom. The zero-order chi connectivity index (χ0) is 41.7. The second kappa shape index (κ2) is 15.7. The molecule has 0 spiro atoms. The molecule has 0 aliphatic heterocycles. The summed E-state index contributed by atoms with van der Waals surface area (Å²) in [6.45, 7) is 0. The maximum atomic E-state index is 2.37. The van der Waals surface area contributed by atoms with Crippen LogP contribution in [0.5, 0.6) is 0 Å². The molecule has 12 aromatic rings. The lowest BCUT2D eigenvalue weighted by Gasteiger charge is -2.26. The van der Waals surface area contributed by atoms with Gasteiger partial charge in [-0.25, -0.2) is 0 Å². The number of rotatable bonds is 8. The Kier molecular flexibility index (Phi) is 9.29. The van der Waals surface area contributed by atoms with Gasteiger partial charge in [-0.15, -0.1) is 22.7 Å². The summed E-state index contributed by atoms with van der Waals surface area (Å²) in [5.41, 5.74) is 15.3. The summed E-state index contributed by atoms with van der Waals surface area (Å²) in [5, 5.41) is 5.27. The van der Waals surface area contributed by atoms with E-state index in [0.717, 1.165) is 17.1 Å². The molecule has 0 unspecified atom stereocenters. The van der Waals surface area contributed by atoms with Crippen molar-refractivity contribution < 1.29 is 0 Å². The van der Waals surface area contributed by atoms with Crippen LogP contribution in [0.25, 0.3) is 96.0 Å². The normalized spacial score (nSPS) is 11.5. The molecule has 0 atom stereocenters. The fourth-order valence-electron chi connectivity index (χ4n) is 9.06. The first kappa shape index (κ1) is 37.2. The summed E-state index contributed by atoms with van der Waals surface area (Å²) >= 11 is 3.72. The fraction of sp³-hybridized carbons (Fsp3) is 0. The van der Waals surface area contributed by atoms with Crippen molar-refractivity contribution in [2.24, 2.45) is 0 Å². The average Bonchev–Trinajstić information content (AvgIpc) is 3.93. The summed E-state index contributed by atoms with van der Waals surface area (Å²) < 4.78 is 5.30. The summed E-state index contributed by atoms with van der Waals surface area (Å²) in [4.78, 5) is 2.37. The van der Waals surface area contributed by atoms with Gasteiger partial charge in [-0.3, -0.25) is 0 Å². The maximum Gasteiger partial charge on any atom is 0.0462 e. The average molecular weight is 838 g/mol. The van der Waals surface area contributed by atoms with Crippen molar-refractivity contribution in [1.29, 1.82) is 0 Å². The Labute approximate surface area is 375 Å². The molecule has 0 aliphatic carbocycles. The van der Waals surface area contributed by atoms with Gasteiger partial charge in [0.25, 0.3) is 0 Å². The van der Waals surface area contributed by atoms with Gasteiger partial charge in [0.1, 0.15) is 0 Å². The van der Waals surface area contributed by atoms with Gasteiger partial charge in [-0.1, -0.05) is 146 Å². The number of hydrogen-bond acceptors (Lipinski definition) is 3. The first-order valence-electron chi connectivity index (χ1n) is 21.4. The molecule has 12 rings (SSSR count). The van der Waals surface area contributed by atoms with Crippen LogP contribution in [0.2, 0.25) is 0 Å². The second-order valence-corrected chi connectivity index (χ2v) is 18.3. The van der Waals surface area contributed by atoms with Crippen LogP contribution < -0.4 is 4.90 Å². The van der Waals surface area contributed by atoms with E-state index in [2.05, 4.69) is 241 Å². The van der Waals surface area contributed by atoms with Crippen LogP contribution in [0.4, 0.5) is 17.1 Å². The molecule has 0 saturated heterocycles. The van der Waals surface area contributed by atoms with Gasteiger partial charge < -0.3 is 4.90 Å². The number of anilines is 3. The van der Waals surface area contributed by atoms with E-state index in [4.69, 9.17) is 0 Å². The predicted molar refractivity (Wildman–Crippen MR) is 274 cm³/mol. The van der Waals surface area contributed by atoms with Gasteiger partial charge in [0.2, 0.25) is 0 Å². The van der Waals surface area contributed by atoms with Gasteiger partial charge >= 0.3 is 0 Å². The number of hydrogen-bond donors (Lipinski definition) is 0. The molecule has 296 valence electrons. The lowest BCUT2D eigenvalue weighted by atomic mass is 9.93. The van der Waals surface area contributed by atoms with E-state index in [1.54, 1.807) is 0 Å². The first-order chi connectivity index (χ1) is 31.2. The largest absolute Gasteiger partial charge is 0.311 e. The second-order valence-electron chi connectivity index (χ2n) is 16.1. The minimum absolute atomic E-state index is 1.10. The molecule has 0 saturated carbocycles. The SMILES string of the molecule is c1ccc(-c2cc(-c3ccccc3)cc(-c3ccc(N(c4ccc(-c5ccc6sc7ccccc7c6c5)cc4)c4ccc(-c5ccc6sc7ccccc7c6c5)cc4)cc3)c2)cc1. The Hall–Kier alpha value is -7.56. The predicted octanol–water partition coefficient (Wildman–Crippen LogP) is 18.2. The van der Waals surface area contributed by atoms with E-state index in [-0.39, 0.29) is 0 Å². The number of benzene rings is 10. The molecular weight excluding hydrogens is 799 g/mol. The van der Waals surface area contributed by atoms with E-state index in [1.165, 1.54) is 96.0 Å². The lowest BCUT2D eigenvalue weighted by Crippen LogP contribution is -2.09. The molecule has 1 nitrogen and oxygen atoms in total. The van der Waals surface area contributed by atoms with Crippen LogP contribution in [-0.4, -0.2) is 0 Å². The third-order valence-corrected chi connectivity index (χ3v) is 14.6. The van der Waals surface area contributed by atoms with E-state index in [0.29, 0.717) is 0 Å². The molecule has 0 bridgehead atoms. The summed E-state index contributed by atoms with van der Waals surface area (Å²) in [6, 6.07) is 86.7. The summed E-state index contributed by atoms with van der Waals surface area (Å²) in [6.07, 6.45) is 0. The van der Waals surface area contributed by atoms with Crippen LogP contribution in [0.15, 0.2) is 237 Å². The highest BCUT2D eigenvalue weighted by Gasteiger charge is 2.16. The molecule has 2 aromatic heterocycles. The molecule has 3 heteroatoms. The minimum Gasteiger partial charge on any atom is -0.311 e. The van der Waals surface area contributed by atoms with Gasteiger partial charge in [-0.05, 0) is 147 Å². The zero-order valence-electron chi connectivity index (χ0n) is 34.3. The molecule has 0 radical (unpaired) electrons. The first-order valence-corrected chi connectivity index (χ1v) is 23.0. The van der Waals surface area contributed by atoms with Crippen molar-refractivity contribution in [1.82, 2.24) is 0 Å². The van der Waals surface area contributed by atoms with E-state index < -0.39 is 0 Å². The van der Waals surface area contributed by atoms with Gasteiger partial charge in [0.05, 0.1) is 0 Å². The minimum atomic E-state index is 1.10. The van der Waals surface area contributed by atoms with Crippen molar-refractivity contribution >= 4 is 80.1 Å². The highest BCUT2D eigenvalue weighted by molar-refractivity contribution is 7.26. The number of fused-ring (bicyclic) bond motifs is 6. The molecule has 0 fully saturated rings. The molecule has 2 heterocycles. The maximum absolute atomic E-state index is 2.37. The molecule has 10 aromatic carbocycles. The van der Waals surface area contributed by atoms with Crippen LogP contribution in [0.1, 0.15) is 0 Å². The molecule has 0 aliphatic rings. The smallest absolute Gasteiger partial charge is 0.0462 e. The Morgan fingerprint density at radius 2 is 0.508 bits per heavy atom. The number of thiophene rings is 2. The fourth-order valence-corrected chi connectivity index (χ4v) is 11.2. The highest BCUT2D eigenvalue weighted by atomic mass is 32.1. The summed E-state index contributed by atoms with van der Waals surface area (Å²) in [5.74, 6) is 0. The van der Waals surface area contributed by atoms with E-state index in [9.17, 15) is 0 Å². The Bertz CT molecular complexity index is 3370. The van der Waals surface area contributed by atoms with Crippen LogP contribution in [-0.2, 0) is 0 Å². The van der Waals surface area contributed by atoms with Crippen molar-refractivity contribution in [3.8, 4) is 55.6 Å². The molecule has 0 N–H and O–H groups in total. The third kappa shape index (κ3) is 6.98. The summed E-state index contributed by atoms with van der Waals surface area (Å²) in [7, 11) is 0. The van der Waals surface area contributed by atoms with Crippen molar-refractivity contribution in [3.05, 3.63) is 237 Å². The van der Waals surface area contributed by atoms with Gasteiger partial charge in [-0.2, -0.15) is 0 Å². The standard InChI is InChI=1S/C60H39NS2/c1-3-11-40(12-4-1)47-35-48(41-13-5-2-6-14-41)37-49(36-47)44-23-31-52(32-24-44)61(50-27-19-42(20-28-50)45-25-33-59-55(38-45)53-15-7-9-17-57(53)62-59)51-29-21-43(22-30-51)46-26-34-60-56(39-46)54-16-8-10-18-58(54)63-60/h1-39H. The zero-order valence-corrected chi connectivity index (χ0v) is 35.9. The van der Waals surface area contributed by atoms with Crippen LogP contribution in [0, 0.1) is 0 Å². The van der Waals surface area contributed by atoms with Gasteiger partial charge in [0.15, 0.2) is 0 Å². The number of nitrogens with zero attached hydrogens (tertiary/aromatic N) is 1. The molecule has 0 amide bonds. The third-order valence-electron chi connectivity index (χ3n) is 12.3. The topological polar surface area (TPSA) is 3.24 Å². The van der Waals surface area contributed by atoms with Crippen molar-refractivity contribution in [3.63, 3.8) is 0 Å². The van der Waals surface area contributed by atoms with E-state index in [1.807, 2.05) is 22.7 Å². The monoisotopic (exact) mass is 837 g/mol. The van der Waals surface area contributed by atoms with Crippen LogP contribution in [0.3, 0.4) is 0 Å². The van der Waals surface area contributed by atoms with Crippen LogP contribution >= 0.6 is 22.7 Å². The quantitative estimate of drug-likeness (QED) is 0.147. The lowest BCUT2D eigenvalue weighted by molar-refractivity contribution is 1.28. The van der Waals surface area contributed by atoms with Crippen molar-refractivity contribution in [2.75, 3.05) is 4.90 Å². The Balaban J connectivity index is 0.930. The molecular formula is C60H39NS2. The van der Waals surface area contributed by atoms with Crippen molar-refractivity contribution in [2.45, 2.75) is 0 Å². The Morgan fingerprint density at radius 3 is 0.905 bits per heavy atom.